The van der Waals surface area contributed by atoms with Crippen LogP contribution < -0.4 is 5.32 Å². The van der Waals surface area contributed by atoms with Gasteiger partial charge in [0.1, 0.15) is 18.1 Å². The van der Waals surface area contributed by atoms with Gasteiger partial charge in [-0.05, 0) is 22.3 Å². The molecule has 1 heterocycles. The van der Waals surface area contributed by atoms with E-state index in [-0.39, 0.29) is 5.92 Å². The van der Waals surface area contributed by atoms with Crippen molar-refractivity contribution in [3.05, 3.63) is 82.9 Å². The fourth-order valence-electron chi connectivity index (χ4n) is 3.43. The second-order valence-corrected chi connectivity index (χ2v) is 6.89. The van der Waals surface area contributed by atoms with Crippen LogP contribution in [0.25, 0.3) is 11.1 Å². The lowest BCUT2D eigenvalue weighted by molar-refractivity contribution is 0.143. The van der Waals surface area contributed by atoms with Gasteiger partial charge in [0.15, 0.2) is 0 Å². The zero-order valence-corrected chi connectivity index (χ0v) is 16.3. The predicted octanol–water partition coefficient (Wildman–Crippen LogP) is 4.41. The van der Waals surface area contributed by atoms with E-state index in [1.165, 1.54) is 28.6 Å². The number of alkyl carbamates (subject to hydrolysis) is 1. The number of fused-ring (bicyclic) bond motifs is 3. The molecule has 1 aliphatic rings. The third-order valence-electron chi connectivity index (χ3n) is 4.75. The third-order valence-corrected chi connectivity index (χ3v) is 5.05. The number of carbonyl (C=O) groups is 1. The molecule has 0 saturated heterocycles. The Kier molecular flexibility index (Phi) is 5.73. The quantitative estimate of drug-likeness (QED) is 0.398. The third kappa shape index (κ3) is 4.23. The Morgan fingerprint density at radius 2 is 1.79 bits per heavy atom. The van der Waals surface area contributed by atoms with Crippen molar-refractivity contribution in [3.8, 4) is 23.0 Å². The van der Waals surface area contributed by atoms with Crippen molar-refractivity contribution in [1.82, 2.24) is 15.3 Å². The van der Waals surface area contributed by atoms with Crippen LogP contribution >= 0.6 is 11.6 Å². The normalized spacial score (nSPS) is 11.8. The monoisotopic (exact) mass is 403 g/mol. The summed E-state index contributed by atoms with van der Waals surface area (Å²) in [5.41, 5.74) is 5.35. The standard InChI is InChI=1S/C23H18ClN3O2/c24-22-16(13-25-15-27-22)7-5-6-12-26-23(28)29-14-21-19-10-3-1-8-17(19)18-9-2-4-11-20(18)21/h1-4,8-11,13,15,21H,6,12,14H2,(H,26,28). The van der Waals surface area contributed by atoms with E-state index in [4.69, 9.17) is 16.3 Å². The number of hydrogen-bond donors (Lipinski definition) is 1. The van der Waals surface area contributed by atoms with Crippen LogP contribution in [0.4, 0.5) is 4.79 Å². The van der Waals surface area contributed by atoms with Crippen LogP contribution in [0.1, 0.15) is 29.0 Å². The van der Waals surface area contributed by atoms with Gasteiger partial charge < -0.3 is 10.1 Å². The van der Waals surface area contributed by atoms with Gasteiger partial charge in [0.2, 0.25) is 0 Å². The summed E-state index contributed by atoms with van der Waals surface area (Å²) in [6, 6.07) is 16.5. The van der Waals surface area contributed by atoms with Gasteiger partial charge in [-0.3, -0.25) is 0 Å². The van der Waals surface area contributed by atoms with Gasteiger partial charge in [-0.2, -0.15) is 0 Å². The number of nitrogens with zero attached hydrogens (tertiary/aromatic N) is 2. The average Bonchev–Trinajstić information content (AvgIpc) is 3.07. The molecule has 1 aliphatic carbocycles. The summed E-state index contributed by atoms with van der Waals surface area (Å²) in [6.07, 6.45) is 2.94. The molecule has 4 rings (SSSR count). The zero-order valence-electron chi connectivity index (χ0n) is 15.6. The summed E-state index contributed by atoms with van der Waals surface area (Å²) in [4.78, 5) is 19.8. The topological polar surface area (TPSA) is 64.1 Å². The van der Waals surface area contributed by atoms with Gasteiger partial charge in [-0.1, -0.05) is 72.0 Å². The van der Waals surface area contributed by atoms with Crippen molar-refractivity contribution >= 4 is 17.7 Å². The molecule has 3 aromatic rings. The molecule has 0 spiro atoms. The van der Waals surface area contributed by atoms with Crippen molar-refractivity contribution in [2.75, 3.05) is 13.2 Å². The summed E-state index contributed by atoms with van der Waals surface area (Å²) in [5, 5.41) is 3.04. The second-order valence-electron chi connectivity index (χ2n) is 6.53. The highest BCUT2D eigenvalue weighted by Crippen LogP contribution is 2.44. The lowest BCUT2D eigenvalue weighted by atomic mass is 9.98. The molecule has 2 aromatic carbocycles. The maximum absolute atomic E-state index is 12.1. The summed E-state index contributed by atoms with van der Waals surface area (Å²) in [5.74, 6) is 5.87. The Balaban J connectivity index is 1.30. The Hall–Kier alpha value is -3.36. The number of ether oxygens (including phenoxy) is 1. The molecule has 0 fully saturated rings. The lowest BCUT2D eigenvalue weighted by Crippen LogP contribution is -2.26. The minimum Gasteiger partial charge on any atom is -0.449 e. The molecular formula is C23H18ClN3O2. The van der Waals surface area contributed by atoms with E-state index in [1.807, 2.05) is 24.3 Å². The van der Waals surface area contributed by atoms with E-state index in [0.717, 1.165) is 0 Å². The van der Waals surface area contributed by atoms with Crippen molar-refractivity contribution in [2.24, 2.45) is 0 Å². The fraction of sp³-hybridized carbons (Fsp3) is 0.174. The van der Waals surface area contributed by atoms with E-state index in [9.17, 15) is 4.79 Å². The maximum atomic E-state index is 12.1. The number of hydrogen-bond acceptors (Lipinski definition) is 4. The van der Waals surface area contributed by atoms with Crippen LogP contribution in [0.15, 0.2) is 61.1 Å². The molecule has 6 heteroatoms. The summed E-state index contributed by atoms with van der Waals surface area (Å²) >= 11 is 5.92. The summed E-state index contributed by atoms with van der Waals surface area (Å²) in [7, 11) is 0. The average molecular weight is 404 g/mol. The molecule has 1 N–H and O–H groups in total. The van der Waals surface area contributed by atoms with Gasteiger partial charge >= 0.3 is 6.09 Å². The van der Waals surface area contributed by atoms with E-state index in [0.29, 0.717) is 30.3 Å². The number of rotatable bonds is 4. The molecule has 0 unspecified atom stereocenters. The first-order valence-corrected chi connectivity index (χ1v) is 9.65. The van der Waals surface area contributed by atoms with E-state index in [2.05, 4.69) is 51.4 Å². The van der Waals surface area contributed by atoms with Crippen LogP contribution in [0.3, 0.4) is 0 Å². The predicted molar refractivity (Wildman–Crippen MR) is 112 cm³/mol. The number of halogens is 1. The molecule has 0 radical (unpaired) electrons. The number of amides is 1. The van der Waals surface area contributed by atoms with Gasteiger partial charge in [-0.25, -0.2) is 14.8 Å². The highest BCUT2D eigenvalue weighted by atomic mass is 35.5. The molecule has 0 bridgehead atoms. The first-order valence-electron chi connectivity index (χ1n) is 9.27. The van der Waals surface area contributed by atoms with Gasteiger partial charge in [0.05, 0.1) is 5.56 Å². The van der Waals surface area contributed by atoms with Crippen molar-refractivity contribution in [2.45, 2.75) is 12.3 Å². The highest BCUT2D eigenvalue weighted by Gasteiger charge is 2.28. The number of benzene rings is 2. The van der Waals surface area contributed by atoms with Crippen LogP contribution in [0, 0.1) is 11.8 Å². The molecule has 1 amide bonds. The number of aromatic nitrogens is 2. The SMILES string of the molecule is O=C(NCCC#Cc1cncnc1Cl)OCC1c2ccccc2-c2ccccc21. The van der Waals surface area contributed by atoms with Crippen LogP contribution in [-0.4, -0.2) is 29.2 Å². The molecule has 1 aromatic heterocycles. The Labute approximate surface area is 174 Å². The van der Waals surface area contributed by atoms with Crippen LogP contribution in [0.5, 0.6) is 0 Å². The summed E-state index contributed by atoms with van der Waals surface area (Å²) < 4.78 is 5.48. The van der Waals surface area contributed by atoms with Crippen molar-refractivity contribution in [1.29, 1.82) is 0 Å². The molecule has 29 heavy (non-hydrogen) atoms. The number of nitrogens with one attached hydrogen (secondary N) is 1. The Bertz CT molecular complexity index is 1060. The van der Waals surface area contributed by atoms with E-state index >= 15 is 0 Å². The zero-order chi connectivity index (χ0) is 20.1. The highest BCUT2D eigenvalue weighted by molar-refractivity contribution is 6.30. The van der Waals surface area contributed by atoms with Crippen molar-refractivity contribution < 1.29 is 9.53 Å². The Morgan fingerprint density at radius 3 is 2.48 bits per heavy atom. The van der Waals surface area contributed by atoms with E-state index < -0.39 is 6.09 Å². The molecule has 0 atom stereocenters. The van der Waals surface area contributed by atoms with Crippen molar-refractivity contribution in [3.63, 3.8) is 0 Å². The minimum absolute atomic E-state index is 0.0492. The second kappa shape index (κ2) is 8.76. The van der Waals surface area contributed by atoms with Gasteiger partial charge in [0.25, 0.3) is 0 Å². The van der Waals surface area contributed by atoms with E-state index in [1.54, 1.807) is 6.20 Å². The molecule has 0 aliphatic heterocycles. The Morgan fingerprint density at radius 1 is 1.10 bits per heavy atom. The fourth-order valence-corrected chi connectivity index (χ4v) is 3.57. The summed E-state index contributed by atoms with van der Waals surface area (Å²) in [6.45, 7) is 0.678. The maximum Gasteiger partial charge on any atom is 0.407 e. The van der Waals surface area contributed by atoms with Crippen LogP contribution in [0.2, 0.25) is 5.15 Å². The minimum atomic E-state index is -0.449. The lowest BCUT2D eigenvalue weighted by Gasteiger charge is -2.14. The first kappa shape index (κ1) is 19.0. The molecule has 144 valence electrons. The molecule has 0 saturated carbocycles. The number of carbonyl (C=O) groups excluding carboxylic acids is 1. The largest absolute Gasteiger partial charge is 0.449 e. The van der Waals surface area contributed by atoms with Gasteiger partial charge in [0, 0.05) is 25.1 Å². The smallest absolute Gasteiger partial charge is 0.407 e. The molecular weight excluding hydrogens is 386 g/mol. The molecule has 5 nitrogen and oxygen atoms in total. The van der Waals surface area contributed by atoms with Gasteiger partial charge in [-0.15, -0.1) is 0 Å². The first-order chi connectivity index (χ1) is 14.2. The van der Waals surface area contributed by atoms with Crippen LogP contribution in [-0.2, 0) is 4.74 Å².